The Morgan fingerprint density at radius 1 is 1.09 bits per heavy atom. The molecular formula is C18H21NO3S. The van der Waals surface area contributed by atoms with Crippen LogP contribution in [0.25, 0.3) is 0 Å². The fraction of sp³-hybridized carbons (Fsp3) is 0.278. The van der Waals surface area contributed by atoms with Gasteiger partial charge in [0.05, 0.1) is 19.5 Å². The largest absolute Gasteiger partial charge is 0.493 e. The summed E-state index contributed by atoms with van der Waals surface area (Å²) in [4.78, 5) is 12.3. The molecule has 0 aliphatic carbocycles. The summed E-state index contributed by atoms with van der Waals surface area (Å²) in [5, 5.41) is 2.76. The molecule has 4 nitrogen and oxygen atoms in total. The molecule has 122 valence electrons. The minimum Gasteiger partial charge on any atom is -0.493 e. The third-order valence-electron chi connectivity index (χ3n) is 3.36. The van der Waals surface area contributed by atoms with Crippen LogP contribution < -0.4 is 14.8 Å². The SMILES string of the molecule is COc1ccc(NC(=O)[C@@H](C)SCc2ccccc2)cc1OC. The molecule has 0 spiro atoms. The highest BCUT2D eigenvalue weighted by molar-refractivity contribution is 7.99. The van der Waals surface area contributed by atoms with Gasteiger partial charge in [0, 0.05) is 17.5 Å². The van der Waals surface area contributed by atoms with Crippen molar-refractivity contribution in [3.05, 3.63) is 54.1 Å². The summed E-state index contributed by atoms with van der Waals surface area (Å²) in [5.74, 6) is 2.01. The zero-order valence-corrected chi connectivity index (χ0v) is 14.4. The van der Waals surface area contributed by atoms with E-state index in [1.54, 1.807) is 44.2 Å². The fourth-order valence-electron chi connectivity index (χ4n) is 2.03. The van der Waals surface area contributed by atoms with E-state index < -0.39 is 0 Å². The van der Waals surface area contributed by atoms with Crippen LogP contribution in [0, 0.1) is 0 Å². The maximum atomic E-state index is 12.3. The third kappa shape index (κ3) is 4.93. The van der Waals surface area contributed by atoms with E-state index in [1.807, 2.05) is 25.1 Å². The van der Waals surface area contributed by atoms with Gasteiger partial charge < -0.3 is 14.8 Å². The molecule has 1 N–H and O–H groups in total. The van der Waals surface area contributed by atoms with Gasteiger partial charge in [0.2, 0.25) is 5.91 Å². The average molecular weight is 331 g/mol. The number of benzene rings is 2. The molecule has 2 aromatic rings. The van der Waals surface area contributed by atoms with Crippen molar-refractivity contribution >= 4 is 23.4 Å². The number of hydrogen-bond donors (Lipinski definition) is 1. The summed E-state index contributed by atoms with van der Waals surface area (Å²) in [6.07, 6.45) is 0. The van der Waals surface area contributed by atoms with Crippen LogP contribution in [0.1, 0.15) is 12.5 Å². The molecule has 1 amide bonds. The van der Waals surface area contributed by atoms with Crippen LogP contribution in [0.2, 0.25) is 0 Å². The summed E-state index contributed by atoms with van der Waals surface area (Å²) in [5.41, 5.74) is 1.91. The number of carbonyl (C=O) groups is 1. The molecule has 0 aliphatic rings. The second kappa shape index (κ2) is 8.48. The lowest BCUT2D eigenvalue weighted by Crippen LogP contribution is -2.22. The molecule has 0 saturated carbocycles. The van der Waals surface area contributed by atoms with Crippen molar-refractivity contribution in [3.63, 3.8) is 0 Å². The Labute approximate surface area is 141 Å². The highest BCUT2D eigenvalue weighted by atomic mass is 32.2. The second-order valence-electron chi connectivity index (χ2n) is 5.00. The fourth-order valence-corrected chi connectivity index (χ4v) is 2.87. The van der Waals surface area contributed by atoms with Crippen LogP contribution in [0.5, 0.6) is 11.5 Å². The number of hydrogen-bond acceptors (Lipinski definition) is 4. The zero-order chi connectivity index (χ0) is 16.7. The highest BCUT2D eigenvalue weighted by Gasteiger charge is 2.14. The van der Waals surface area contributed by atoms with Crippen molar-refractivity contribution < 1.29 is 14.3 Å². The van der Waals surface area contributed by atoms with Crippen LogP contribution >= 0.6 is 11.8 Å². The Bertz CT molecular complexity index is 646. The Kier molecular flexibility index (Phi) is 6.35. The van der Waals surface area contributed by atoms with Crippen molar-refractivity contribution in [2.24, 2.45) is 0 Å². The summed E-state index contributed by atoms with van der Waals surface area (Å²) in [6.45, 7) is 1.91. The van der Waals surface area contributed by atoms with Gasteiger partial charge in [-0.05, 0) is 24.6 Å². The van der Waals surface area contributed by atoms with E-state index in [-0.39, 0.29) is 11.2 Å². The molecule has 0 fully saturated rings. The predicted molar refractivity (Wildman–Crippen MR) is 95.4 cm³/mol. The monoisotopic (exact) mass is 331 g/mol. The molecule has 2 rings (SSSR count). The molecule has 0 bridgehead atoms. The molecule has 0 saturated heterocycles. The van der Waals surface area contributed by atoms with E-state index in [0.29, 0.717) is 17.2 Å². The first-order chi connectivity index (χ1) is 11.1. The lowest BCUT2D eigenvalue weighted by molar-refractivity contribution is -0.115. The smallest absolute Gasteiger partial charge is 0.237 e. The van der Waals surface area contributed by atoms with Gasteiger partial charge >= 0.3 is 0 Å². The molecule has 0 radical (unpaired) electrons. The summed E-state index contributed by atoms with van der Waals surface area (Å²) < 4.78 is 10.4. The van der Waals surface area contributed by atoms with Crippen molar-refractivity contribution in [3.8, 4) is 11.5 Å². The normalized spacial score (nSPS) is 11.6. The molecule has 0 aromatic heterocycles. The highest BCUT2D eigenvalue weighted by Crippen LogP contribution is 2.30. The average Bonchev–Trinajstić information content (AvgIpc) is 2.60. The molecule has 2 aromatic carbocycles. The topological polar surface area (TPSA) is 47.6 Å². The van der Waals surface area contributed by atoms with Gasteiger partial charge in [-0.2, -0.15) is 0 Å². The maximum absolute atomic E-state index is 12.3. The Balaban J connectivity index is 1.93. The van der Waals surface area contributed by atoms with Crippen LogP contribution in [-0.4, -0.2) is 25.4 Å². The van der Waals surface area contributed by atoms with E-state index in [2.05, 4.69) is 17.4 Å². The van der Waals surface area contributed by atoms with Crippen LogP contribution in [0.3, 0.4) is 0 Å². The van der Waals surface area contributed by atoms with Gasteiger partial charge in [-0.25, -0.2) is 0 Å². The van der Waals surface area contributed by atoms with E-state index in [9.17, 15) is 4.79 Å². The number of anilines is 1. The number of rotatable bonds is 7. The third-order valence-corrected chi connectivity index (χ3v) is 4.58. The molecule has 0 heterocycles. The lowest BCUT2D eigenvalue weighted by Gasteiger charge is -2.14. The number of carbonyl (C=O) groups excluding carboxylic acids is 1. The van der Waals surface area contributed by atoms with Gasteiger partial charge in [0.1, 0.15) is 0 Å². The number of ether oxygens (including phenoxy) is 2. The minimum absolute atomic E-state index is 0.0295. The van der Waals surface area contributed by atoms with Gasteiger partial charge in [-0.1, -0.05) is 30.3 Å². The number of thioether (sulfide) groups is 1. The lowest BCUT2D eigenvalue weighted by atomic mass is 10.2. The molecule has 0 unspecified atom stereocenters. The van der Waals surface area contributed by atoms with E-state index in [0.717, 1.165) is 5.75 Å². The zero-order valence-electron chi connectivity index (χ0n) is 13.5. The van der Waals surface area contributed by atoms with Gasteiger partial charge in [0.25, 0.3) is 0 Å². The van der Waals surface area contributed by atoms with E-state index in [1.165, 1.54) is 5.56 Å². The Hall–Kier alpha value is -2.14. The van der Waals surface area contributed by atoms with Gasteiger partial charge in [-0.3, -0.25) is 4.79 Å². The first-order valence-electron chi connectivity index (χ1n) is 7.32. The standard InChI is InChI=1S/C18H21NO3S/c1-13(23-12-14-7-5-4-6-8-14)18(20)19-15-9-10-16(21-2)17(11-15)22-3/h4-11,13H,12H2,1-3H3,(H,19,20)/t13-/m1/s1. The van der Waals surface area contributed by atoms with Crippen molar-refractivity contribution in [2.75, 3.05) is 19.5 Å². The molecule has 5 heteroatoms. The molecule has 23 heavy (non-hydrogen) atoms. The predicted octanol–water partition coefficient (Wildman–Crippen LogP) is 3.96. The first kappa shape index (κ1) is 17.2. The van der Waals surface area contributed by atoms with Crippen LogP contribution in [0.15, 0.2) is 48.5 Å². The van der Waals surface area contributed by atoms with Crippen molar-refractivity contribution in [2.45, 2.75) is 17.9 Å². The minimum atomic E-state index is -0.150. The molecule has 0 aliphatic heterocycles. The summed E-state index contributed by atoms with van der Waals surface area (Å²) in [7, 11) is 3.15. The van der Waals surface area contributed by atoms with E-state index in [4.69, 9.17) is 9.47 Å². The number of nitrogens with one attached hydrogen (secondary N) is 1. The Morgan fingerprint density at radius 2 is 1.78 bits per heavy atom. The summed E-state index contributed by atoms with van der Waals surface area (Å²) >= 11 is 1.61. The van der Waals surface area contributed by atoms with Crippen molar-refractivity contribution in [1.82, 2.24) is 0 Å². The van der Waals surface area contributed by atoms with Crippen LogP contribution in [-0.2, 0) is 10.5 Å². The second-order valence-corrected chi connectivity index (χ2v) is 6.33. The molecule has 1 atom stereocenters. The quantitative estimate of drug-likeness (QED) is 0.834. The number of methoxy groups -OCH3 is 2. The summed E-state index contributed by atoms with van der Waals surface area (Å²) in [6, 6.07) is 15.4. The van der Waals surface area contributed by atoms with E-state index >= 15 is 0 Å². The van der Waals surface area contributed by atoms with Crippen LogP contribution in [0.4, 0.5) is 5.69 Å². The Morgan fingerprint density at radius 3 is 2.43 bits per heavy atom. The number of amides is 1. The first-order valence-corrected chi connectivity index (χ1v) is 8.37. The van der Waals surface area contributed by atoms with Gasteiger partial charge in [0.15, 0.2) is 11.5 Å². The van der Waals surface area contributed by atoms with Gasteiger partial charge in [-0.15, -0.1) is 11.8 Å². The maximum Gasteiger partial charge on any atom is 0.237 e. The molecular weight excluding hydrogens is 310 g/mol. The van der Waals surface area contributed by atoms with Crippen molar-refractivity contribution in [1.29, 1.82) is 0 Å².